The van der Waals surface area contributed by atoms with Crippen LogP contribution in [0.15, 0.2) is 33.7 Å². The number of nitrogen functional groups attached to an aromatic ring is 1. The van der Waals surface area contributed by atoms with Crippen LogP contribution in [0.1, 0.15) is 17.0 Å². The zero-order valence-corrected chi connectivity index (χ0v) is 12.5. The molecule has 2 rings (SSSR count). The Balaban J connectivity index is 2.56. The highest BCUT2D eigenvalue weighted by atomic mass is 79.9. The highest BCUT2D eigenvalue weighted by Gasteiger charge is 2.33. The molecule has 112 valence electrons. The van der Waals surface area contributed by atoms with Gasteiger partial charge in [-0.1, -0.05) is 6.07 Å². The van der Waals surface area contributed by atoms with Gasteiger partial charge in [-0.25, -0.2) is 4.98 Å². The summed E-state index contributed by atoms with van der Waals surface area (Å²) in [7, 11) is 0. The molecule has 0 saturated carbocycles. The van der Waals surface area contributed by atoms with Crippen molar-refractivity contribution in [1.29, 1.82) is 0 Å². The fraction of sp³-hybridized carbons (Fsp3) is 0.231. The zero-order chi connectivity index (χ0) is 15.8. The van der Waals surface area contributed by atoms with Gasteiger partial charge < -0.3 is 5.73 Å². The number of alkyl halides is 3. The molecule has 1 aromatic heterocycles. The Morgan fingerprint density at radius 1 is 1.38 bits per heavy atom. The third-order valence-corrected chi connectivity index (χ3v) is 3.52. The highest BCUT2D eigenvalue weighted by Crippen LogP contribution is 2.33. The molecule has 21 heavy (non-hydrogen) atoms. The fourth-order valence-electron chi connectivity index (χ4n) is 1.90. The average Bonchev–Trinajstić information content (AvgIpc) is 2.39. The van der Waals surface area contributed by atoms with Crippen molar-refractivity contribution in [3.05, 3.63) is 56.2 Å². The maximum Gasteiger partial charge on any atom is 0.416 e. The fourth-order valence-corrected chi connectivity index (χ4v) is 2.22. The summed E-state index contributed by atoms with van der Waals surface area (Å²) < 4.78 is 40.5. The lowest BCUT2D eigenvalue weighted by atomic mass is 10.1. The van der Waals surface area contributed by atoms with E-state index in [1.54, 1.807) is 6.92 Å². The van der Waals surface area contributed by atoms with E-state index in [2.05, 4.69) is 20.9 Å². The van der Waals surface area contributed by atoms with Gasteiger partial charge in [0, 0.05) is 11.9 Å². The van der Waals surface area contributed by atoms with Crippen molar-refractivity contribution in [1.82, 2.24) is 9.55 Å². The molecule has 0 aliphatic rings. The van der Waals surface area contributed by atoms with Gasteiger partial charge in [-0.2, -0.15) is 13.2 Å². The van der Waals surface area contributed by atoms with Crippen LogP contribution in [0.5, 0.6) is 0 Å². The Morgan fingerprint density at radius 2 is 2.05 bits per heavy atom. The second-order valence-electron chi connectivity index (χ2n) is 4.46. The first-order valence-electron chi connectivity index (χ1n) is 5.87. The zero-order valence-electron chi connectivity index (χ0n) is 10.9. The Kier molecular flexibility index (Phi) is 4.08. The summed E-state index contributed by atoms with van der Waals surface area (Å²) in [4.78, 5) is 15.9. The number of hydrogen-bond donors (Lipinski definition) is 1. The molecule has 0 saturated heterocycles. The summed E-state index contributed by atoms with van der Waals surface area (Å²) in [5.41, 5.74) is 4.10. The van der Waals surface area contributed by atoms with Gasteiger partial charge in [0.1, 0.15) is 10.3 Å². The average molecular weight is 362 g/mol. The Labute approximate surface area is 126 Å². The lowest BCUT2D eigenvalue weighted by molar-refractivity contribution is -0.138. The van der Waals surface area contributed by atoms with Crippen molar-refractivity contribution < 1.29 is 13.2 Å². The van der Waals surface area contributed by atoms with Crippen LogP contribution in [-0.4, -0.2) is 9.55 Å². The molecule has 0 bridgehead atoms. The van der Waals surface area contributed by atoms with Crippen LogP contribution in [0, 0.1) is 6.92 Å². The normalized spacial score (nSPS) is 11.7. The topological polar surface area (TPSA) is 60.9 Å². The second kappa shape index (κ2) is 5.51. The molecule has 1 aromatic carbocycles. The summed E-state index contributed by atoms with van der Waals surface area (Å²) in [5, 5.41) is 0. The summed E-state index contributed by atoms with van der Waals surface area (Å²) in [6.07, 6.45) is -3.22. The molecule has 2 N–H and O–H groups in total. The van der Waals surface area contributed by atoms with E-state index in [4.69, 9.17) is 5.73 Å². The van der Waals surface area contributed by atoms with Crippen molar-refractivity contribution in [3.63, 3.8) is 0 Å². The molecule has 2 aromatic rings. The highest BCUT2D eigenvalue weighted by molar-refractivity contribution is 9.10. The van der Waals surface area contributed by atoms with E-state index in [9.17, 15) is 18.0 Å². The predicted octanol–water partition coefficient (Wildman–Crippen LogP) is 2.96. The molecular weight excluding hydrogens is 351 g/mol. The lowest BCUT2D eigenvalue weighted by Crippen LogP contribution is -2.25. The minimum absolute atomic E-state index is 0.0162. The van der Waals surface area contributed by atoms with Crippen LogP contribution in [0.3, 0.4) is 0 Å². The van der Waals surface area contributed by atoms with E-state index in [1.807, 2.05) is 0 Å². The summed E-state index contributed by atoms with van der Waals surface area (Å²) in [6.45, 7) is 1.32. The number of aryl methyl sites for hydroxylation is 1. The van der Waals surface area contributed by atoms with Crippen molar-refractivity contribution in [2.75, 3.05) is 5.73 Å². The molecule has 0 fully saturated rings. The third-order valence-electron chi connectivity index (χ3n) is 2.97. The molecule has 0 radical (unpaired) electrons. The van der Waals surface area contributed by atoms with Crippen LogP contribution in [0.25, 0.3) is 0 Å². The van der Waals surface area contributed by atoms with Crippen molar-refractivity contribution in [2.24, 2.45) is 0 Å². The smallest absolute Gasteiger partial charge is 0.399 e. The van der Waals surface area contributed by atoms with Crippen molar-refractivity contribution in [3.8, 4) is 0 Å². The van der Waals surface area contributed by atoms with Gasteiger partial charge in [-0.15, -0.1) is 0 Å². The van der Waals surface area contributed by atoms with Gasteiger partial charge in [0.05, 0.1) is 12.1 Å². The molecule has 0 spiro atoms. The molecule has 0 unspecified atom stereocenters. The first kappa shape index (κ1) is 15.6. The van der Waals surface area contributed by atoms with E-state index in [0.717, 1.165) is 6.07 Å². The maximum absolute atomic E-state index is 13.0. The van der Waals surface area contributed by atoms with E-state index < -0.39 is 17.3 Å². The van der Waals surface area contributed by atoms with Crippen LogP contribution < -0.4 is 11.3 Å². The Hall–Kier alpha value is -1.83. The van der Waals surface area contributed by atoms with E-state index >= 15 is 0 Å². The molecule has 0 aliphatic carbocycles. The Bertz CT molecular complexity index is 740. The minimum Gasteiger partial charge on any atom is -0.399 e. The van der Waals surface area contributed by atoms with Gasteiger partial charge in [0.25, 0.3) is 5.56 Å². The molecule has 0 aliphatic heterocycles. The van der Waals surface area contributed by atoms with Crippen LogP contribution in [0.4, 0.5) is 18.9 Å². The monoisotopic (exact) mass is 361 g/mol. The van der Waals surface area contributed by atoms with Gasteiger partial charge >= 0.3 is 6.18 Å². The summed E-state index contributed by atoms with van der Waals surface area (Å²) in [5.74, 6) is 0.327. The number of nitrogens with zero attached hydrogens (tertiary/aromatic N) is 2. The van der Waals surface area contributed by atoms with E-state index in [1.165, 1.54) is 22.9 Å². The largest absolute Gasteiger partial charge is 0.416 e. The number of nitrogens with two attached hydrogens (primary N) is 1. The first-order chi connectivity index (χ1) is 9.70. The van der Waals surface area contributed by atoms with Gasteiger partial charge in [0.2, 0.25) is 0 Å². The van der Waals surface area contributed by atoms with Gasteiger partial charge in [-0.05, 0) is 40.5 Å². The van der Waals surface area contributed by atoms with Crippen LogP contribution in [-0.2, 0) is 12.7 Å². The van der Waals surface area contributed by atoms with E-state index in [0.29, 0.717) is 5.82 Å². The quantitative estimate of drug-likeness (QED) is 0.836. The van der Waals surface area contributed by atoms with Gasteiger partial charge in [-0.3, -0.25) is 9.36 Å². The number of benzene rings is 1. The van der Waals surface area contributed by atoms with Crippen LogP contribution in [0.2, 0.25) is 0 Å². The summed E-state index contributed by atoms with van der Waals surface area (Å²) in [6, 6.07) is 3.50. The predicted molar refractivity (Wildman–Crippen MR) is 75.9 cm³/mol. The molecular formula is C13H11BrF3N3O. The molecule has 1 heterocycles. The number of aromatic nitrogens is 2. The second-order valence-corrected chi connectivity index (χ2v) is 5.31. The molecule has 0 amide bonds. The minimum atomic E-state index is -4.54. The number of rotatable bonds is 2. The SMILES string of the molecule is Cc1ncc(Br)c(=O)n1Cc1ccc(N)cc1C(F)(F)F. The number of anilines is 1. The lowest BCUT2D eigenvalue weighted by Gasteiger charge is -2.16. The Morgan fingerprint density at radius 3 is 2.67 bits per heavy atom. The summed E-state index contributed by atoms with van der Waals surface area (Å²) >= 11 is 3.03. The molecule has 0 atom stereocenters. The van der Waals surface area contributed by atoms with Crippen molar-refractivity contribution >= 4 is 21.6 Å². The van der Waals surface area contributed by atoms with Gasteiger partial charge in [0.15, 0.2) is 0 Å². The number of halogens is 4. The third kappa shape index (κ3) is 3.26. The standard InChI is InChI=1S/C13H11BrF3N3O/c1-7-19-5-11(14)12(21)20(7)6-8-2-3-9(18)4-10(8)13(15,16)17/h2-5H,6,18H2,1H3. The molecule has 4 nitrogen and oxygen atoms in total. The maximum atomic E-state index is 13.0. The molecule has 8 heteroatoms. The van der Waals surface area contributed by atoms with Crippen LogP contribution >= 0.6 is 15.9 Å². The van der Waals surface area contributed by atoms with E-state index in [-0.39, 0.29) is 22.3 Å². The van der Waals surface area contributed by atoms with Crippen molar-refractivity contribution in [2.45, 2.75) is 19.6 Å². The number of hydrogen-bond acceptors (Lipinski definition) is 3. The first-order valence-corrected chi connectivity index (χ1v) is 6.67.